The van der Waals surface area contributed by atoms with E-state index in [1.54, 1.807) is 6.07 Å². The number of nitrogens with zero attached hydrogens (tertiary/aromatic N) is 6. The molecule has 2 fully saturated rings. The van der Waals surface area contributed by atoms with Gasteiger partial charge in [0, 0.05) is 60.9 Å². The summed E-state index contributed by atoms with van der Waals surface area (Å²) in [5.41, 5.74) is 11.6. The SMILES string of the molecule is Nc1ncnc2c1c(-c1ccc3[nH]c(Cc4ccccc4F)cc3c1)nn2C1CCN(C2CCN(CCCO)CC2)CC1. The van der Waals surface area contributed by atoms with E-state index in [9.17, 15) is 4.39 Å². The Morgan fingerprint density at radius 2 is 1.74 bits per heavy atom. The number of nitrogen functional groups attached to an aromatic ring is 1. The molecule has 224 valence electrons. The summed E-state index contributed by atoms with van der Waals surface area (Å²) in [5.74, 6) is 0.242. The largest absolute Gasteiger partial charge is 0.396 e. The molecule has 2 saturated heterocycles. The van der Waals surface area contributed by atoms with Crippen LogP contribution < -0.4 is 5.73 Å². The number of rotatable bonds is 8. The first-order valence-electron chi connectivity index (χ1n) is 15.5. The molecular formula is C33H39FN8O. The van der Waals surface area contributed by atoms with Gasteiger partial charge in [0.05, 0.1) is 11.4 Å². The lowest BCUT2D eigenvalue weighted by atomic mass is 9.98. The number of aliphatic hydroxyl groups excluding tert-OH is 1. The minimum Gasteiger partial charge on any atom is -0.396 e. The van der Waals surface area contributed by atoms with E-state index in [1.165, 1.54) is 25.2 Å². The van der Waals surface area contributed by atoms with Crippen LogP contribution in [0, 0.1) is 5.82 Å². The maximum Gasteiger partial charge on any atom is 0.164 e. The van der Waals surface area contributed by atoms with Gasteiger partial charge in [-0.15, -0.1) is 0 Å². The van der Waals surface area contributed by atoms with Gasteiger partial charge >= 0.3 is 0 Å². The summed E-state index contributed by atoms with van der Waals surface area (Å²) >= 11 is 0. The number of hydrogen-bond acceptors (Lipinski definition) is 7. The molecule has 5 heterocycles. The van der Waals surface area contributed by atoms with Crippen LogP contribution in [0.1, 0.15) is 49.4 Å². The zero-order valence-corrected chi connectivity index (χ0v) is 24.4. The molecule has 0 atom stereocenters. The minimum atomic E-state index is -0.195. The quantitative estimate of drug-likeness (QED) is 0.242. The van der Waals surface area contributed by atoms with Crippen LogP contribution in [-0.4, -0.2) is 85.0 Å². The van der Waals surface area contributed by atoms with Gasteiger partial charge in [0.1, 0.15) is 23.7 Å². The van der Waals surface area contributed by atoms with Gasteiger partial charge < -0.3 is 25.6 Å². The average Bonchev–Trinajstić information content (AvgIpc) is 3.63. The Balaban J connectivity index is 1.11. The topological polar surface area (TPSA) is 112 Å². The van der Waals surface area contributed by atoms with E-state index in [1.807, 2.05) is 18.2 Å². The molecule has 10 heteroatoms. The van der Waals surface area contributed by atoms with Crippen molar-refractivity contribution < 1.29 is 9.50 Å². The van der Waals surface area contributed by atoms with Crippen molar-refractivity contribution in [2.45, 2.75) is 50.6 Å². The van der Waals surface area contributed by atoms with Crippen LogP contribution in [0.4, 0.5) is 10.2 Å². The number of fused-ring (bicyclic) bond motifs is 2. The second-order valence-corrected chi connectivity index (χ2v) is 12.0. The molecule has 0 radical (unpaired) electrons. The Hall–Kier alpha value is -3.86. The third-order valence-corrected chi connectivity index (χ3v) is 9.36. The fourth-order valence-corrected chi connectivity index (χ4v) is 7.03. The van der Waals surface area contributed by atoms with Gasteiger partial charge in [-0.1, -0.05) is 24.3 Å². The minimum absolute atomic E-state index is 0.195. The Morgan fingerprint density at radius 3 is 2.53 bits per heavy atom. The van der Waals surface area contributed by atoms with Crippen molar-refractivity contribution in [3.63, 3.8) is 0 Å². The number of halogens is 1. The van der Waals surface area contributed by atoms with E-state index in [4.69, 9.17) is 15.9 Å². The zero-order chi connectivity index (χ0) is 29.3. The van der Waals surface area contributed by atoms with E-state index in [2.05, 4.69) is 47.6 Å². The standard InChI is InChI=1S/C33H39FN8O/c34-28-5-2-1-4-22(28)19-25-20-24-18-23(6-7-29(24)38-25)31-30-32(35)36-21-37-33(30)42(39-31)27-10-15-41(16-11-27)26-8-13-40(14-9-26)12-3-17-43/h1-2,4-7,18,20-21,26-27,38,43H,3,8-17,19H2,(H2,35,36,37). The van der Waals surface area contributed by atoms with Crippen molar-refractivity contribution in [1.29, 1.82) is 0 Å². The van der Waals surface area contributed by atoms with E-state index in [-0.39, 0.29) is 18.5 Å². The van der Waals surface area contributed by atoms with Crippen LogP contribution in [-0.2, 0) is 6.42 Å². The fourth-order valence-electron chi connectivity index (χ4n) is 7.03. The first kappa shape index (κ1) is 27.9. The van der Waals surface area contributed by atoms with E-state index < -0.39 is 0 Å². The predicted molar refractivity (Wildman–Crippen MR) is 167 cm³/mol. The lowest BCUT2D eigenvalue weighted by Crippen LogP contribution is -2.48. The Kier molecular flexibility index (Phi) is 7.81. The van der Waals surface area contributed by atoms with Crippen LogP contribution in [0.5, 0.6) is 0 Å². The van der Waals surface area contributed by atoms with Crippen molar-refractivity contribution >= 4 is 27.8 Å². The predicted octanol–water partition coefficient (Wildman–Crippen LogP) is 4.77. The average molecular weight is 583 g/mol. The highest BCUT2D eigenvalue weighted by Crippen LogP contribution is 2.36. The number of benzene rings is 2. The maximum absolute atomic E-state index is 14.3. The lowest BCUT2D eigenvalue weighted by molar-refractivity contribution is 0.0758. The first-order valence-corrected chi connectivity index (χ1v) is 15.5. The summed E-state index contributed by atoms with van der Waals surface area (Å²) in [6.07, 6.45) is 7.30. The second kappa shape index (κ2) is 12.0. The number of H-pyrrole nitrogens is 1. The number of aromatic nitrogens is 5. The highest BCUT2D eigenvalue weighted by molar-refractivity contribution is 6.00. The van der Waals surface area contributed by atoms with Gasteiger partial charge in [-0.2, -0.15) is 5.10 Å². The molecule has 7 rings (SSSR count). The molecule has 2 aromatic carbocycles. The Bertz CT molecular complexity index is 1720. The summed E-state index contributed by atoms with van der Waals surface area (Å²) in [6.45, 7) is 5.59. The van der Waals surface area contributed by atoms with Crippen molar-refractivity contribution in [2.24, 2.45) is 0 Å². The Morgan fingerprint density at radius 1 is 0.953 bits per heavy atom. The van der Waals surface area contributed by atoms with Crippen LogP contribution in [0.25, 0.3) is 33.2 Å². The second-order valence-electron chi connectivity index (χ2n) is 12.0. The monoisotopic (exact) mass is 582 g/mol. The molecule has 0 aliphatic carbocycles. The first-order chi connectivity index (χ1) is 21.1. The normalized spacial score (nSPS) is 17.8. The lowest BCUT2D eigenvalue weighted by Gasteiger charge is -2.41. The molecule has 0 amide bonds. The summed E-state index contributed by atoms with van der Waals surface area (Å²) in [7, 11) is 0. The highest BCUT2D eigenvalue weighted by atomic mass is 19.1. The molecule has 0 spiro atoms. The molecule has 2 aliphatic rings. The number of aliphatic hydroxyl groups is 1. The number of aromatic amines is 1. The maximum atomic E-state index is 14.3. The number of piperidine rings is 2. The Labute approximate surface area is 250 Å². The van der Waals surface area contributed by atoms with E-state index in [0.29, 0.717) is 23.8 Å². The molecular weight excluding hydrogens is 543 g/mol. The van der Waals surface area contributed by atoms with Crippen molar-refractivity contribution in [3.8, 4) is 11.3 Å². The van der Waals surface area contributed by atoms with E-state index >= 15 is 0 Å². The number of anilines is 1. The van der Waals surface area contributed by atoms with Crippen LogP contribution >= 0.6 is 0 Å². The molecule has 9 nitrogen and oxygen atoms in total. The zero-order valence-electron chi connectivity index (χ0n) is 24.4. The van der Waals surface area contributed by atoms with Gasteiger partial charge in [-0.25, -0.2) is 19.0 Å². The summed E-state index contributed by atoms with van der Waals surface area (Å²) in [5, 5.41) is 16.1. The molecule has 0 saturated carbocycles. The van der Waals surface area contributed by atoms with Crippen LogP contribution in [0.15, 0.2) is 54.9 Å². The van der Waals surface area contributed by atoms with Gasteiger partial charge in [-0.05, 0) is 75.0 Å². The number of nitrogens with one attached hydrogen (secondary N) is 1. The summed E-state index contributed by atoms with van der Waals surface area (Å²) in [4.78, 5) is 17.6. The number of nitrogens with two attached hydrogens (primary N) is 1. The third-order valence-electron chi connectivity index (χ3n) is 9.36. The summed E-state index contributed by atoms with van der Waals surface area (Å²) < 4.78 is 16.4. The van der Waals surface area contributed by atoms with Gasteiger partial charge in [0.15, 0.2) is 5.65 Å². The highest BCUT2D eigenvalue weighted by Gasteiger charge is 2.30. The fraction of sp³-hybridized carbons (Fsp3) is 0.424. The van der Waals surface area contributed by atoms with Crippen molar-refractivity contribution in [1.82, 2.24) is 34.5 Å². The molecule has 0 unspecified atom stereocenters. The van der Waals surface area contributed by atoms with Gasteiger partial charge in [0.2, 0.25) is 0 Å². The van der Waals surface area contributed by atoms with Gasteiger partial charge in [-0.3, -0.25) is 0 Å². The van der Waals surface area contributed by atoms with E-state index in [0.717, 1.165) is 90.9 Å². The van der Waals surface area contributed by atoms with Crippen molar-refractivity contribution in [3.05, 3.63) is 71.9 Å². The molecule has 5 aromatic rings. The molecule has 4 N–H and O–H groups in total. The molecule has 43 heavy (non-hydrogen) atoms. The van der Waals surface area contributed by atoms with Crippen LogP contribution in [0.3, 0.4) is 0 Å². The molecule has 2 aliphatic heterocycles. The summed E-state index contributed by atoms with van der Waals surface area (Å²) in [6, 6.07) is 16.1. The number of likely N-dealkylation sites (tertiary alicyclic amines) is 2. The molecule has 0 bridgehead atoms. The van der Waals surface area contributed by atoms with Crippen LogP contribution in [0.2, 0.25) is 0 Å². The van der Waals surface area contributed by atoms with Gasteiger partial charge in [0.25, 0.3) is 0 Å². The number of hydrogen-bond donors (Lipinski definition) is 3. The third kappa shape index (κ3) is 5.62. The molecule has 3 aromatic heterocycles. The van der Waals surface area contributed by atoms with Crippen molar-refractivity contribution in [2.75, 3.05) is 45.1 Å². The smallest absolute Gasteiger partial charge is 0.164 e.